The van der Waals surface area contributed by atoms with Gasteiger partial charge in [0.05, 0.1) is 21.3 Å². The van der Waals surface area contributed by atoms with Crippen LogP contribution in [0.1, 0.15) is 10.4 Å². The number of anilines is 1. The number of hydrogen-bond donors (Lipinski definition) is 1. The maximum absolute atomic E-state index is 13.5. The highest BCUT2D eigenvalue weighted by atomic mass is 35.5. The zero-order valence-corrected chi connectivity index (χ0v) is 11.7. The minimum atomic E-state index is -0.635. The van der Waals surface area contributed by atoms with E-state index in [2.05, 4.69) is 5.32 Å². The fourth-order valence-corrected chi connectivity index (χ4v) is 2.40. The molecule has 0 bridgehead atoms. The zero-order chi connectivity index (χ0) is 14.0. The van der Waals surface area contributed by atoms with Gasteiger partial charge in [-0.25, -0.2) is 4.39 Å². The lowest BCUT2D eigenvalue weighted by molar-refractivity contribution is 0.102. The minimum absolute atomic E-state index is 0.0930. The first kappa shape index (κ1) is 14.1. The Morgan fingerprint density at radius 2 is 1.63 bits per heavy atom. The fraction of sp³-hybridized carbons (Fsp3) is 0. The molecule has 2 rings (SSSR count). The van der Waals surface area contributed by atoms with E-state index in [1.165, 1.54) is 30.3 Å². The van der Waals surface area contributed by atoms with E-state index >= 15 is 0 Å². The summed E-state index contributed by atoms with van der Waals surface area (Å²) >= 11 is 17.6. The molecule has 0 aromatic heterocycles. The Morgan fingerprint density at radius 3 is 2.21 bits per heavy atom. The molecule has 0 heterocycles. The molecule has 0 aliphatic heterocycles. The third-order valence-corrected chi connectivity index (χ3v) is 3.18. The minimum Gasteiger partial charge on any atom is -0.319 e. The van der Waals surface area contributed by atoms with Gasteiger partial charge in [0.1, 0.15) is 5.82 Å². The molecule has 0 spiro atoms. The van der Waals surface area contributed by atoms with Gasteiger partial charge in [0.15, 0.2) is 0 Å². The van der Waals surface area contributed by atoms with Crippen molar-refractivity contribution in [2.24, 2.45) is 0 Å². The first-order valence-corrected chi connectivity index (χ1v) is 6.33. The van der Waals surface area contributed by atoms with Crippen molar-refractivity contribution < 1.29 is 9.18 Å². The molecule has 1 amide bonds. The lowest BCUT2D eigenvalue weighted by Crippen LogP contribution is -2.14. The molecule has 0 fully saturated rings. The monoisotopic (exact) mass is 317 g/mol. The van der Waals surface area contributed by atoms with Gasteiger partial charge < -0.3 is 5.32 Å². The summed E-state index contributed by atoms with van der Waals surface area (Å²) in [4.78, 5) is 11.9. The van der Waals surface area contributed by atoms with Gasteiger partial charge in [0.25, 0.3) is 5.91 Å². The molecule has 0 saturated heterocycles. The van der Waals surface area contributed by atoms with Crippen molar-refractivity contribution >= 4 is 46.4 Å². The summed E-state index contributed by atoms with van der Waals surface area (Å²) in [5.74, 6) is -1.26. The Bertz CT molecular complexity index is 623. The summed E-state index contributed by atoms with van der Waals surface area (Å²) in [6, 6.07) is 8.48. The van der Waals surface area contributed by atoms with Crippen LogP contribution >= 0.6 is 34.8 Å². The predicted molar refractivity (Wildman–Crippen MR) is 75.8 cm³/mol. The fourth-order valence-electron chi connectivity index (χ4n) is 1.49. The second-order valence-corrected chi connectivity index (χ2v) is 4.93. The number of benzene rings is 2. The molecule has 0 aliphatic rings. The van der Waals surface area contributed by atoms with E-state index in [1.54, 1.807) is 6.07 Å². The first-order chi connectivity index (χ1) is 8.99. The Balaban J connectivity index is 2.32. The zero-order valence-electron chi connectivity index (χ0n) is 9.38. The largest absolute Gasteiger partial charge is 0.319 e. The van der Waals surface area contributed by atoms with Crippen molar-refractivity contribution in [1.29, 1.82) is 0 Å². The van der Waals surface area contributed by atoms with Gasteiger partial charge in [0, 0.05) is 5.02 Å². The molecule has 0 aliphatic carbocycles. The third-order valence-electron chi connectivity index (χ3n) is 2.36. The summed E-state index contributed by atoms with van der Waals surface area (Å²) < 4.78 is 13.5. The number of amides is 1. The number of nitrogens with one attached hydrogen (secondary N) is 1. The Kier molecular flexibility index (Phi) is 4.30. The van der Waals surface area contributed by atoms with E-state index in [0.717, 1.165) is 0 Å². The van der Waals surface area contributed by atoms with Crippen LogP contribution in [0, 0.1) is 5.82 Å². The van der Waals surface area contributed by atoms with E-state index in [-0.39, 0.29) is 21.3 Å². The Hall–Kier alpha value is -1.29. The smallest absolute Gasteiger partial charge is 0.258 e. The summed E-state index contributed by atoms with van der Waals surface area (Å²) in [5.41, 5.74) is 0.102. The van der Waals surface area contributed by atoms with Crippen LogP contribution in [0.5, 0.6) is 0 Å². The first-order valence-electron chi connectivity index (χ1n) is 5.19. The molecule has 2 aromatic carbocycles. The lowest BCUT2D eigenvalue weighted by Gasteiger charge is -2.10. The van der Waals surface area contributed by atoms with Crippen LogP contribution in [0.15, 0.2) is 36.4 Å². The standard InChI is InChI=1S/C13H7Cl3FNO/c14-7-5-9(15)12(10(16)6-7)18-13(19)8-3-1-2-4-11(8)17/h1-6H,(H,18,19). The molecule has 98 valence electrons. The Morgan fingerprint density at radius 1 is 1.05 bits per heavy atom. The van der Waals surface area contributed by atoms with Crippen molar-refractivity contribution in [3.63, 3.8) is 0 Å². The van der Waals surface area contributed by atoms with E-state index < -0.39 is 11.7 Å². The van der Waals surface area contributed by atoms with Crippen LogP contribution in [-0.2, 0) is 0 Å². The SMILES string of the molecule is O=C(Nc1c(Cl)cc(Cl)cc1Cl)c1ccccc1F. The van der Waals surface area contributed by atoms with Crippen molar-refractivity contribution in [1.82, 2.24) is 0 Å². The summed E-state index contributed by atoms with van der Waals surface area (Å²) in [6.45, 7) is 0. The molecule has 0 saturated carbocycles. The van der Waals surface area contributed by atoms with Crippen LogP contribution in [0.25, 0.3) is 0 Å². The van der Waals surface area contributed by atoms with Crippen molar-refractivity contribution in [3.8, 4) is 0 Å². The molecular formula is C13H7Cl3FNO. The highest BCUT2D eigenvalue weighted by Crippen LogP contribution is 2.34. The maximum atomic E-state index is 13.5. The molecule has 0 unspecified atom stereocenters. The average Bonchev–Trinajstić information content (AvgIpc) is 2.34. The van der Waals surface area contributed by atoms with Crippen LogP contribution < -0.4 is 5.32 Å². The van der Waals surface area contributed by atoms with Gasteiger partial charge in [-0.15, -0.1) is 0 Å². The van der Waals surface area contributed by atoms with Gasteiger partial charge in [-0.2, -0.15) is 0 Å². The molecule has 0 radical (unpaired) electrons. The maximum Gasteiger partial charge on any atom is 0.258 e. The molecule has 2 aromatic rings. The van der Waals surface area contributed by atoms with E-state index in [9.17, 15) is 9.18 Å². The molecule has 0 atom stereocenters. The van der Waals surface area contributed by atoms with E-state index in [4.69, 9.17) is 34.8 Å². The van der Waals surface area contributed by atoms with Gasteiger partial charge in [-0.05, 0) is 24.3 Å². The summed E-state index contributed by atoms with van der Waals surface area (Å²) in [7, 11) is 0. The van der Waals surface area contributed by atoms with Crippen LogP contribution in [0.3, 0.4) is 0 Å². The van der Waals surface area contributed by atoms with Gasteiger partial charge in [0.2, 0.25) is 0 Å². The van der Waals surface area contributed by atoms with E-state index in [0.29, 0.717) is 5.02 Å². The predicted octanol–water partition coefficient (Wildman–Crippen LogP) is 5.04. The number of carbonyl (C=O) groups excluding carboxylic acids is 1. The number of carbonyl (C=O) groups is 1. The number of halogens is 4. The van der Waals surface area contributed by atoms with E-state index in [1.807, 2.05) is 0 Å². The van der Waals surface area contributed by atoms with Gasteiger partial charge in [-0.3, -0.25) is 4.79 Å². The highest BCUT2D eigenvalue weighted by Gasteiger charge is 2.15. The van der Waals surface area contributed by atoms with Crippen LogP contribution in [0.2, 0.25) is 15.1 Å². The second-order valence-electron chi connectivity index (χ2n) is 3.68. The quantitative estimate of drug-likeness (QED) is 0.826. The molecule has 2 nitrogen and oxygen atoms in total. The molecule has 6 heteroatoms. The molecule has 1 N–H and O–H groups in total. The topological polar surface area (TPSA) is 29.1 Å². The average molecular weight is 319 g/mol. The van der Waals surface area contributed by atoms with Crippen molar-refractivity contribution in [3.05, 3.63) is 62.8 Å². The lowest BCUT2D eigenvalue weighted by atomic mass is 10.2. The Labute approximate surface area is 124 Å². The second kappa shape index (κ2) is 5.78. The van der Waals surface area contributed by atoms with Crippen molar-refractivity contribution in [2.75, 3.05) is 5.32 Å². The van der Waals surface area contributed by atoms with Crippen LogP contribution in [0.4, 0.5) is 10.1 Å². The summed E-state index contributed by atoms with van der Waals surface area (Å²) in [6.07, 6.45) is 0. The molecule has 19 heavy (non-hydrogen) atoms. The third kappa shape index (κ3) is 3.18. The molecular weight excluding hydrogens is 312 g/mol. The summed E-state index contributed by atoms with van der Waals surface area (Å²) in [5, 5.41) is 3.17. The number of hydrogen-bond acceptors (Lipinski definition) is 1. The van der Waals surface area contributed by atoms with Gasteiger partial charge in [-0.1, -0.05) is 46.9 Å². The van der Waals surface area contributed by atoms with Gasteiger partial charge >= 0.3 is 0 Å². The normalized spacial score (nSPS) is 10.3. The van der Waals surface area contributed by atoms with Crippen LogP contribution in [-0.4, -0.2) is 5.91 Å². The number of rotatable bonds is 2. The highest BCUT2D eigenvalue weighted by molar-refractivity contribution is 6.42. The van der Waals surface area contributed by atoms with Crippen molar-refractivity contribution in [2.45, 2.75) is 0 Å².